The number of hydrogen-bond acceptors (Lipinski definition) is 4. The molecular weight excluding hydrogens is 326 g/mol. The second-order valence-electron chi connectivity index (χ2n) is 6.43. The summed E-state index contributed by atoms with van der Waals surface area (Å²) >= 11 is 0. The van der Waals surface area contributed by atoms with Crippen molar-refractivity contribution in [3.05, 3.63) is 66.0 Å². The van der Waals surface area contributed by atoms with E-state index < -0.39 is 0 Å². The first kappa shape index (κ1) is 17.8. The summed E-state index contributed by atoms with van der Waals surface area (Å²) in [6.07, 6.45) is 2.00. The van der Waals surface area contributed by atoms with E-state index in [1.807, 2.05) is 79.3 Å². The highest BCUT2D eigenvalue weighted by atomic mass is 16.2. The highest BCUT2D eigenvalue weighted by Gasteiger charge is 2.14. The number of hydrogen-bond donors (Lipinski definition) is 1. The van der Waals surface area contributed by atoms with Crippen LogP contribution in [0.2, 0.25) is 0 Å². The quantitative estimate of drug-likeness (QED) is 0.743. The molecule has 0 spiro atoms. The summed E-state index contributed by atoms with van der Waals surface area (Å²) in [6.45, 7) is 2.81. The largest absolute Gasteiger partial charge is 0.310 e. The van der Waals surface area contributed by atoms with Crippen molar-refractivity contribution >= 4 is 11.7 Å². The molecule has 0 atom stereocenters. The lowest BCUT2D eigenvalue weighted by atomic mass is 10.1. The maximum absolute atomic E-state index is 12.3. The SMILES string of the molecule is Cc1cccc(NC(=O)CN(C)Cc2cn(C)nc2-c2ccccc2)n1. The van der Waals surface area contributed by atoms with E-state index in [-0.39, 0.29) is 12.5 Å². The standard InChI is InChI=1S/C20H23N5O/c1-15-8-7-11-18(21-15)22-19(26)14-24(2)12-17-13-25(3)23-20(17)16-9-5-4-6-10-16/h4-11,13H,12,14H2,1-3H3,(H,21,22,26). The zero-order chi connectivity index (χ0) is 18.5. The predicted molar refractivity (Wildman–Crippen MR) is 103 cm³/mol. The second-order valence-corrected chi connectivity index (χ2v) is 6.43. The lowest BCUT2D eigenvalue weighted by Gasteiger charge is -2.16. The molecule has 3 aromatic rings. The van der Waals surface area contributed by atoms with Crippen molar-refractivity contribution in [1.82, 2.24) is 19.7 Å². The van der Waals surface area contributed by atoms with Crippen molar-refractivity contribution in [1.29, 1.82) is 0 Å². The molecule has 1 amide bonds. The number of aryl methyl sites for hydroxylation is 2. The third-order valence-corrected chi connectivity index (χ3v) is 3.96. The molecule has 0 aliphatic carbocycles. The first-order valence-corrected chi connectivity index (χ1v) is 8.51. The molecule has 0 fully saturated rings. The number of amides is 1. The minimum Gasteiger partial charge on any atom is -0.310 e. The van der Waals surface area contributed by atoms with E-state index >= 15 is 0 Å². The van der Waals surface area contributed by atoms with Gasteiger partial charge in [0.2, 0.25) is 5.91 Å². The lowest BCUT2D eigenvalue weighted by Crippen LogP contribution is -2.30. The Bertz CT molecular complexity index is 888. The van der Waals surface area contributed by atoms with Gasteiger partial charge in [0.15, 0.2) is 0 Å². The molecule has 134 valence electrons. The average Bonchev–Trinajstić information content (AvgIpc) is 2.95. The fourth-order valence-corrected chi connectivity index (χ4v) is 2.88. The molecule has 0 saturated heterocycles. The van der Waals surface area contributed by atoms with Gasteiger partial charge in [-0.05, 0) is 26.1 Å². The molecule has 2 aromatic heterocycles. The molecule has 2 heterocycles. The Morgan fingerprint density at radius 3 is 2.65 bits per heavy atom. The van der Waals surface area contributed by atoms with E-state index in [1.54, 1.807) is 6.07 Å². The fourth-order valence-electron chi connectivity index (χ4n) is 2.88. The molecule has 0 aliphatic rings. The number of nitrogens with one attached hydrogen (secondary N) is 1. The molecule has 0 unspecified atom stereocenters. The van der Waals surface area contributed by atoms with Crippen molar-refractivity contribution in [3.8, 4) is 11.3 Å². The van der Waals surface area contributed by atoms with Crippen molar-refractivity contribution in [2.24, 2.45) is 7.05 Å². The molecule has 0 bridgehead atoms. The van der Waals surface area contributed by atoms with Crippen molar-refractivity contribution < 1.29 is 4.79 Å². The van der Waals surface area contributed by atoms with Crippen molar-refractivity contribution in [3.63, 3.8) is 0 Å². The monoisotopic (exact) mass is 349 g/mol. The summed E-state index contributed by atoms with van der Waals surface area (Å²) in [5.41, 5.74) is 3.98. The molecule has 3 rings (SSSR count). The van der Waals surface area contributed by atoms with Gasteiger partial charge < -0.3 is 5.32 Å². The molecule has 0 saturated carbocycles. The number of nitrogens with zero attached hydrogens (tertiary/aromatic N) is 4. The van der Waals surface area contributed by atoms with Crippen LogP contribution in [0, 0.1) is 6.92 Å². The molecule has 6 nitrogen and oxygen atoms in total. The molecular formula is C20H23N5O. The van der Waals surface area contributed by atoms with Gasteiger partial charge in [-0.25, -0.2) is 4.98 Å². The van der Waals surface area contributed by atoms with Gasteiger partial charge in [-0.3, -0.25) is 14.4 Å². The second kappa shape index (κ2) is 7.93. The lowest BCUT2D eigenvalue weighted by molar-refractivity contribution is -0.117. The van der Waals surface area contributed by atoms with E-state index in [9.17, 15) is 4.79 Å². The summed E-state index contributed by atoms with van der Waals surface area (Å²) in [5.74, 6) is 0.491. The molecule has 26 heavy (non-hydrogen) atoms. The van der Waals surface area contributed by atoms with Crippen LogP contribution >= 0.6 is 0 Å². The van der Waals surface area contributed by atoms with Crippen LogP contribution in [0.25, 0.3) is 11.3 Å². The average molecular weight is 349 g/mol. The van der Waals surface area contributed by atoms with Gasteiger partial charge in [-0.15, -0.1) is 0 Å². The van der Waals surface area contributed by atoms with E-state index in [2.05, 4.69) is 15.4 Å². The van der Waals surface area contributed by atoms with Gasteiger partial charge in [0.25, 0.3) is 0 Å². The van der Waals surface area contributed by atoms with Crippen LogP contribution in [0.3, 0.4) is 0 Å². The van der Waals surface area contributed by atoms with E-state index in [1.165, 1.54) is 0 Å². The van der Waals surface area contributed by atoms with Crippen LogP contribution in [0.5, 0.6) is 0 Å². The van der Waals surface area contributed by atoms with Gasteiger partial charge in [0, 0.05) is 36.6 Å². The number of carbonyl (C=O) groups excluding carboxylic acids is 1. The topological polar surface area (TPSA) is 63.1 Å². The fraction of sp³-hybridized carbons (Fsp3) is 0.250. The number of benzene rings is 1. The Balaban J connectivity index is 1.65. The van der Waals surface area contributed by atoms with Crippen LogP contribution in [-0.4, -0.2) is 39.2 Å². The summed E-state index contributed by atoms with van der Waals surface area (Å²) in [4.78, 5) is 18.5. The van der Waals surface area contributed by atoms with E-state index in [0.29, 0.717) is 12.4 Å². The first-order chi connectivity index (χ1) is 12.5. The van der Waals surface area contributed by atoms with Gasteiger partial charge in [-0.1, -0.05) is 36.4 Å². The number of carbonyl (C=O) groups is 1. The number of rotatable bonds is 6. The Morgan fingerprint density at radius 1 is 1.15 bits per heavy atom. The Hall–Kier alpha value is -2.99. The van der Waals surface area contributed by atoms with E-state index in [0.717, 1.165) is 22.5 Å². The molecule has 0 aliphatic heterocycles. The zero-order valence-corrected chi connectivity index (χ0v) is 15.3. The molecule has 6 heteroatoms. The maximum Gasteiger partial charge on any atom is 0.239 e. The van der Waals surface area contributed by atoms with Crippen LogP contribution in [0.1, 0.15) is 11.3 Å². The Kier molecular flexibility index (Phi) is 5.43. The Labute approximate surface area is 153 Å². The van der Waals surface area contributed by atoms with Crippen molar-refractivity contribution in [2.75, 3.05) is 18.9 Å². The predicted octanol–water partition coefficient (Wildman–Crippen LogP) is 2.86. The Morgan fingerprint density at radius 2 is 1.92 bits per heavy atom. The summed E-state index contributed by atoms with van der Waals surface area (Å²) in [5, 5.41) is 7.41. The third kappa shape index (κ3) is 4.55. The van der Waals surface area contributed by atoms with Gasteiger partial charge >= 0.3 is 0 Å². The molecule has 1 N–H and O–H groups in total. The first-order valence-electron chi connectivity index (χ1n) is 8.51. The molecule has 1 aromatic carbocycles. The summed E-state index contributed by atoms with van der Waals surface area (Å²) < 4.78 is 1.81. The third-order valence-electron chi connectivity index (χ3n) is 3.96. The van der Waals surface area contributed by atoms with Crippen LogP contribution in [0.15, 0.2) is 54.7 Å². The zero-order valence-electron chi connectivity index (χ0n) is 15.3. The highest BCUT2D eigenvalue weighted by molar-refractivity contribution is 5.91. The van der Waals surface area contributed by atoms with Crippen LogP contribution in [-0.2, 0) is 18.4 Å². The van der Waals surface area contributed by atoms with E-state index in [4.69, 9.17) is 0 Å². The maximum atomic E-state index is 12.3. The van der Waals surface area contributed by atoms with Crippen molar-refractivity contribution in [2.45, 2.75) is 13.5 Å². The summed E-state index contributed by atoms with van der Waals surface area (Å²) in [7, 11) is 3.83. The normalized spacial score (nSPS) is 10.9. The van der Waals surface area contributed by atoms with Crippen LogP contribution in [0.4, 0.5) is 5.82 Å². The number of pyridine rings is 1. The number of aromatic nitrogens is 3. The van der Waals surface area contributed by atoms with Gasteiger partial charge in [0.05, 0.1) is 12.2 Å². The van der Waals surface area contributed by atoms with Crippen LogP contribution < -0.4 is 5.32 Å². The molecule has 0 radical (unpaired) electrons. The smallest absolute Gasteiger partial charge is 0.239 e. The number of likely N-dealkylation sites (N-methyl/N-ethyl adjacent to an activating group) is 1. The minimum absolute atomic E-state index is 0.0873. The number of anilines is 1. The minimum atomic E-state index is -0.0873. The highest BCUT2D eigenvalue weighted by Crippen LogP contribution is 2.22. The van der Waals surface area contributed by atoms with Gasteiger partial charge in [-0.2, -0.15) is 5.10 Å². The summed E-state index contributed by atoms with van der Waals surface area (Å²) in [6, 6.07) is 15.6. The van der Waals surface area contributed by atoms with Gasteiger partial charge in [0.1, 0.15) is 5.82 Å².